The minimum absolute atomic E-state index is 0.139. The first-order valence-corrected chi connectivity index (χ1v) is 7.04. The van der Waals surface area contributed by atoms with Crippen molar-refractivity contribution in [2.45, 2.75) is 25.4 Å². The molecular weight excluding hydrogens is 290 g/mol. The van der Waals surface area contributed by atoms with Crippen molar-refractivity contribution in [1.82, 2.24) is 9.80 Å². The van der Waals surface area contributed by atoms with E-state index in [-0.39, 0.29) is 29.7 Å². The number of nitro benzene ring substituents is 1. The van der Waals surface area contributed by atoms with Crippen molar-refractivity contribution in [3.63, 3.8) is 0 Å². The third kappa shape index (κ3) is 2.26. The van der Waals surface area contributed by atoms with Gasteiger partial charge in [0.1, 0.15) is 5.56 Å². The van der Waals surface area contributed by atoms with Crippen molar-refractivity contribution in [2.24, 2.45) is 0 Å². The maximum atomic E-state index is 12.6. The molecule has 22 heavy (non-hydrogen) atoms. The van der Waals surface area contributed by atoms with E-state index in [2.05, 4.69) is 0 Å². The number of rotatable bonds is 2. The average Bonchev–Trinajstić information content (AvgIpc) is 2.84. The molecule has 2 aliphatic rings. The number of likely N-dealkylation sites (tertiary alicyclic amines) is 1. The van der Waals surface area contributed by atoms with E-state index in [0.717, 1.165) is 0 Å². The van der Waals surface area contributed by atoms with Gasteiger partial charge in [-0.1, -0.05) is 12.1 Å². The molecule has 0 saturated carbocycles. The van der Waals surface area contributed by atoms with Crippen LogP contribution in [0.25, 0.3) is 0 Å². The van der Waals surface area contributed by atoms with E-state index >= 15 is 0 Å². The molecule has 0 radical (unpaired) electrons. The second-order valence-corrected chi connectivity index (χ2v) is 5.53. The van der Waals surface area contributed by atoms with Crippen LogP contribution in [0.1, 0.15) is 28.8 Å². The number of carboxylic acid groups (broad SMARTS) is 1. The van der Waals surface area contributed by atoms with E-state index in [9.17, 15) is 19.7 Å². The van der Waals surface area contributed by atoms with Gasteiger partial charge in [0.15, 0.2) is 0 Å². The van der Waals surface area contributed by atoms with Gasteiger partial charge in [0.05, 0.1) is 11.0 Å². The highest BCUT2D eigenvalue weighted by atomic mass is 16.6. The molecule has 1 atom stereocenters. The van der Waals surface area contributed by atoms with Crippen LogP contribution in [0.5, 0.6) is 0 Å². The zero-order valence-corrected chi connectivity index (χ0v) is 11.8. The molecule has 1 unspecified atom stereocenters. The van der Waals surface area contributed by atoms with E-state index in [0.29, 0.717) is 31.5 Å². The molecule has 2 aliphatic heterocycles. The van der Waals surface area contributed by atoms with Crippen molar-refractivity contribution in [1.29, 1.82) is 0 Å². The Labute approximate surface area is 126 Å². The summed E-state index contributed by atoms with van der Waals surface area (Å²) in [5.74, 6) is -0.375. The van der Waals surface area contributed by atoms with E-state index in [1.807, 2.05) is 0 Å². The Kier molecular flexibility index (Phi) is 3.44. The molecule has 1 aromatic rings. The van der Waals surface area contributed by atoms with Gasteiger partial charge in [-0.05, 0) is 18.4 Å². The van der Waals surface area contributed by atoms with Gasteiger partial charge in [0.2, 0.25) is 0 Å². The lowest BCUT2D eigenvalue weighted by Crippen LogP contribution is -2.49. The van der Waals surface area contributed by atoms with Crippen molar-refractivity contribution in [3.8, 4) is 0 Å². The molecule has 1 fully saturated rings. The maximum absolute atomic E-state index is 12.6. The van der Waals surface area contributed by atoms with E-state index < -0.39 is 11.0 Å². The average molecular weight is 305 g/mol. The lowest BCUT2D eigenvalue weighted by molar-refractivity contribution is -0.385. The number of piperidine rings is 1. The van der Waals surface area contributed by atoms with Crippen LogP contribution in [0.15, 0.2) is 18.2 Å². The zero-order chi connectivity index (χ0) is 15.9. The minimum Gasteiger partial charge on any atom is -0.465 e. The zero-order valence-electron chi connectivity index (χ0n) is 11.8. The highest BCUT2D eigenvalue weighted by Gasteiger charge is 2.39. The first kappa shape index (κ1) is 14.3. The first-order valence-electron chi connectivity index (χ1n) is 7.04. The molecule has 1 saturated heterocycles. The van der Waals surface area contributed by atoms with E-state index in [4.69, 9.17) is 5.11 Å². The summed E-state index contributed by atoms with van der Waals surface area (Å²) in [6, 6.07) is 4.37. The lowest BCUT2D eigenvalue weighted by Gasteiger charge is -2.36. The Bertz CT molecular complexity index is 660. The molecule has 1 aromatic carbocycles. The van der Waals surface area contributed by atoms with Gasteiger partial charge in [-0.3, -0.25) is 14.9 Å². The topological polar surface area (TPSA) is 104 Å². The monoisotopic (exact) mass is 305 g/mol. The second kappa shape index (κ2) is 5.28. The van der Waals surface area contributed by atoms with Crippen LogP contribution in [-0.2, 0) is 6.54 Å². The molecule has 2 heterocycles. The van der Waals surface area contributed by atoms with Crippen LogP contribution in [0.4, 0.5) is 10.5 Å². The Hall–Kier alpha value is -2.64. The fourth-order valence-corrected chi connectivity index (χ4v) is 3.19. The second-order valence-electron chi connectivity index (χ2n) is 5.53. The van der Waals surface area contributed by atoms with Crippen LogP contribution < -0.4 is 0 Å². The quantitative estimate of drug-likeness (QED) is 0.661. The van der Waals surface area contributed by atoms with Gasteiger partial charge >= 0.3 is 6.09 Å². The van der Waals surface area contributed by atoms with Gasteiger partial charge in [-0.2, -0.15) is 0 Å². The molecule has 8 nitrogen and oxygen atoms in total. The molecule has 8 heteroatoms. The smallest absolute Gasteiger partial charge is 0.407 e. The molecule has 0 aliphatic carbocycles. The van der Waals surface area contributed by atoms with Crippen LogP contribution in [0.3, 0.4) is 0 Å². The van der Waals surface area contributed by atoms with Gasteiger partial charge in [0, 0.05) is 25.7 Å². The fourth-order valence-electron chi connectivity index (χ4n) is 3.19. The van der Waals surface area contributed by atoms with Crippen molar-refractivity contribution in [3.05, 3.63) is 39.4 Å². The predicted molar refractivity (Wildman–Crippen MR) is 75.6 cm³/mol. The van der Waals surface area contributed by atoms with Crippen LogP contribution in [0.2, 0.25) is 0 Å². The van der Waals surface area contributed by atoms with Crippen molar-refractivity contribution < 1.29 is 19.6 Å². The van der Waals surface area contributed by atoms with Crippen LogP contribution in [0, 0.1) is 10.1 Å². The summed E-state index contributed by atoms with van der Waals surface area (Å²) >= 11 is 0. The lowest BCUT2D eigenvalue weighted by atomic mass is 10.0. The highest BCUT2D eigenvalue weighted by Crippen LogP contribution is 2.33. The molecule has 0 spiro atoms. The molecule has 3 rings (SSSR count). The van der Waals surface area contributed by atoms with E-state index in [1.54, 1.807) is 17.0 Å². The first-order chi connectivity index (χ1) is 10.5. The highest BCUT2D eigenvalue weighted by molar-refractivity contribution is 6.02. The van der Waals surface area contributed by atoms with Gasteiger partial charge in [-0.15, -0.1) is 0 Å². The van der Waals surface area contributed by atoms with Gasteiger partial charge in [-0.25, -0.2) is 4.79 Å². The summed E-state index contributed by atoms with van der Waals surface area (Å²) in [6.45, 7) is 1.01. The molecule has 2 amide bonds. The Morgan fingerprint density at radius 3 is 2.86 bits per heavy atom. The van der Waals surface area contributed by atoms with Crippen LogP contribution in [-0.4, -0.2) is 51.0 Å². The molecule has 116 valence electrons. The molecule has 0 bridgehead atoms. The summed E-state index contributed by atoms with van der Waals surface area (Å²) in [6.07, 6.45) is 0.385. The van der Waals surface area contributed by atoms with Crippen molar-refractivity contribution >= 4 is 17.7 Å². The molecule has 1 N–H and O–H groups in total. The van der Waals surface area contributed by atoms with Gasteiger partial charge < -0.3 is 14.9 Å². The third-order valence-electron chi connectivity index (χ3n) is 4.25. The number of hydrogen-bond acceptors (Lipinski definition) is 4. The summed E-state index contributed by atoms with van der Waals surface area (Å²) in [7, 11) is 0. The number of carbonyl (C=O) groups is 2. The van der Waals surface area contributed by atoms with E-state index in [1.165, 1.54) is 11.0 Å². The summed E-state index contributed by atoms with van der Waals surface area (Å²) < 4.78 is 0. The fraction of sp³-hybridized carbons (Fsp3) is 0.429. The minimum atomic E-state index is -1.00. The number of nitrogens with zero attached hydrogens (tertiary/aromatic N) is 3. The molecular formula is C14H15N3O5. The number of carbonyl (C=O) groups excluding carboxylic acids is 1. The Morgan fingerprint density at radius 1 is 1.41 bits per heavy atom. The summed E-state index contributed by atoms with van der Waals surface area (Å²) in [5, 5.41) is 20.2. The number of hydrogen-bond donors (Lipinski definition) is 1. The summed E-state index contributed by atoms with van der Waals surface area (Å²) in [5.41, 5.74) is 0.586. The molecule has 0 aromatic heterocycles. The number of nitro groups is 1. The third-order valence-corrected chi connectivity index (χ3v) is 4.25. The summed E-state index contributed by atoms with van der Waals surface area (Å²) in [4.78, 5) is 37.0. The number of fused-ring (bicyclic) bond motifs is 1. The predicted octanol–water partition coefficient (Wildman–Crippen LogP) is 1.69. The largest absolute Gasteiger partial charge is 0.465 e. The normalized spacial score (nSPS) is 20.9. The number of benzene rings is 1. The maximum Gasteiger partial charge on any atom is 0.407 e. The van der Waals surface area contributed by atoms with Gasteiger partial charge in [0.25, 0.3) is 11.6 Å². The Balaban J connectivity index is 1.87. The Morgan fingerprint density at radius 2 is 2.18 bits per heavy atom. The van der Waals surface area contributed by atoms with Crippen LogP contribution >= 0.6 is 0 Å². The van der Waals surface area contributed by atoms with Crippen molar-refractivity contribution in [2.75, 3.05) is 13.1 Å². The SMILES string of the molecule is O=C(O)N1CCCC(N2Cc3cccc([N+](=O)[O-])c3C2=O)C1. The standard InChI is InChI=1S/C14H15N3O5/c18-13-12-9(3-1-5-11(12)17(21)22)7-16(13)10-4-2-6-15(8-10)14(19)20/h1,3,5,10H,2,4,6-8H2,(H,19,20). The number of amides is 2.